The standard InChI is InChI=1S/C27H24F3N3O5/c1-16-2-5-19(32-25(35)18-4-7-24(31-15-18)38-27(28,29)30)13-20(16)17-3-6-21-22(12-17)37-26(14-23(34)33-21)8-10-36-11-9-26/h2-7,12-13,15H,8-11,14H2,1H3,(H,32,35)(H,33,34). The quantitative estimate of drug-likeness (QED) is 0.467. The Bertz CT molecular complexity index is 1370. The van der Waals surface area contributed by atoms with Gasteiger partial charge in [0.2, 0.25) is 11.8 Å². The number of nitrogens with zero attached hydrogens (tertiary/aromatic N) is 1. The van der Waals surface area contributed by atoms with Crippen LogP contribution < -0.4 is 20.1 Å². The van der Waals surface area contributed by atoms with Gasteiger partial charge in [-0.2, -0.15) is 0 Å². The van der Waals surface area contributed by atoms with Crippen LogP contribution in [-0.4, -0.2) is 42.0 Å². The SMILES string of the molecule is Cc1ccc(NC(=O)c2ccc(OC(F)(F)F)nc2)cc1-c1ccc2c(c1)OC1(CCOCC1)CC(=O)N2. The zero-order valence-corrected chi connectivity index (χ0v) is 20.4. The van der Waals surface area contributed by atoms with Crippen molar-refractivity contribution >= 4 is 23.2 Å². The van der Waals surface area contributed by atoms with Gasteiger partial charge in [0, 0.05) is 30.8 Å². The van der Waals surface area contributed by atoms with Crippen molar-refractivity contribution in [2.75, 3.05) is 23.8 Å². The number of aryl methyl sites for hydroxylation is 1. The summed E-state index contributed by atoms with van der Waals surface area (Å²) in [6.07, 6.45) is -2.38. The van der Waals surface area contributed by atoms with Gasteiger partial charge in [0.05, 0.1) is 30.9 Å². The van der Waals surface area contributed by atoms with Crippen LogP contribution in [0.1, 0.15) is 35.2 Å². The van der Waals surface area contributed by atoms with Crippen molar-refractivity contribution < 1.29 is 37.0 Å². The molecule has 1 aromatic heterocycles. The number of amides is 2. The average molecular weight is 527 g/mol. The molecule has 3 heterocycles. The highest BCUT2D eigenvalue weighted by molar-refractivity contribution is 6.04. The number of hydrogen-bond acceptors (Lipinski definition) is 6. The van der Waals surface area contributed by atoms with Crippen LogP contribution in [0.15, 0.2) is 54.7 Å². The zero-order valence-electron chi connectivity index (χ0n) is 20.4. The highest BCUT2D eigenvalue weighted by Crippen LogP contribution is 2.41. The number of hydrogen-bond donors (Lipinski definition) is 2. The van der Waals surface area contributed by atoms with Gasteiger partial charge in [-0.15, -0.1) is 13.2 Å². The maximum atomic E-state index is 12.7. The monoisotopic (exact) mass is 527 g/mol. The summed E-state index contributed by atoms with van der Waals surface area (Å²) < 4.78 is 52.7. The van der Waals surface area contributed by atoms with Crippen LogP contribution in [0, 0.1) is 6.92 Å². The van der Waals surface area contributed by atoms with Crippen LogP contribution >= 0.6 is 0 Å². The first kappa shape index (κ1) is 25.5. The molecule has 38 heavy (non-hydrogen) atoms. The van der Waals surface area contributed by atoms with Crippen LogP contribution in [-0.2, 0) is 9.53 Å². The Labute approximate surface area is 216 Å². The predicted molar refractivity (Wildman–Crippen MR) is 132 cm³/mol. The van der Waals surface area contributed by atoms with E-state index in [-0.39, 0.29) is 17.9 Å². The van der Waals surface area contributed by atoms with Gasteiger partial charge in [0.1, 0.15) is 11.4 Å². The number of ether oxygens (including phenoxy) is 3. The van der Waals surface area contributed by atoms with Gasteiger partial charge < -0.3 is 24.8 Å². The van der Waals surface area contributed by atoms with Gasteiger partial charge in [0.15, 0.2) is 0 Å². The third kappa shape index (κ3) is 5.72. The summed E-state index contributed by atoms with van der Waals surface area (Å²) >= 11 is 0. The van der Waals surface area contributed by atoms with Crippen molar-refractivity contribution in [1.82, 2.24) is 4.98 Å². The molecule has 198 valence electrons. The molecule has 5 rings (SSSR count). The maximum absolute atomic E-state index is 12.7. The molecular weight excluding hydrogens is 503 g/mol. The molecule has 1 spiro atoms. The minimum atomic E-state index is -4.87. The van der Waals surface area contributed by atoms with Gasteiger partial charge >= 0.3 is 6.36 Å². The number of nitrogens with one attached hydrogen (secondary N) is 2. The summed E-state index contributed by atoms with van der Waals surface area (Å²) in [4.78, 5) is 28.8. The van der Waals surface area contributed by atoms with E-state index >= 15 is 0 Å². The Morgan fingerprint density at radius 2 is 1.89 bits per heavy atom. The smallest absolute Gasteiger partial charge is 0.484 e. The maximum Gasteiger partial charge on any atom is 0.574 e. The molecule has 0 atom stereocenters. The van der Waals surface area contributed by atoms with Gasteiger partial charge in [-0.05, 0) is 53.9 Å². The van der Waals surface area contributed by atoms with Crippen LogP contribution in [0.4, 0.5) is 24.5 Å². The van der Waals surface area contributed by atoms with E-state index in [0.29, 0.717) is 43.2 Å². The van der Waals surface area contributed by atoms with Crippen molar-refractivity contribution in [3.8, 4) is 22.8 Å². The van der Waals surface area contributed by atoms with Crippen LogP contribution in [0.5, 0.6) is 11.6 Å². The fraction of sp³-hybridized carbons (Fsp3) is 0.296. The highest BCUT2D eigenvalue weighted by atomic mass is 19.4. The first-order chi connectivity index (χ1) is 18.1. The lowest BCUT2D eigenvalue weighted by atomic mass is 9.90. The van der Waals surface area contributed by atoms with E-state index < -0.39 is 23.8 Å². The number of anilines is 2. The first-order valence-corrected chi connectivity index (χ1v) is 11.9. The fourth-order valence-electron chi connectivity index (χ4n) is 4.56. The number of halogens is 3. The van der Waals surface area contributed by atoms with E-state index in [1.165, 1.54) is 6.07 Å². The Balaban J connectivity index is 1.37. The molecule has 0 radical (unpaired) electrons. The van der Waals surface area contributed by atoms with E-state index in [4.69, 9.17) is 9.47 Å². The van der Waals surface area contributed by atoms with Crippen molar-refractivity contribution in [1.29, 1.82) is 0 Å². The molecule has 0 bridgehead atoms. The molecule has 11 heteroatoms. The van der Waals surface area contributed by atoms with Gasteiger partial charge in [-0.1, -0.05) is 12.1 Å². The summed E-state index contributed by atoms with van der Waals surface area (Å²) in [5, 5.41) is 5.66. The van der Waals surface area contributed by atoms with Crippen molar-refractivity contribution in [2.24, 2.45) is 0 Å². The van der Waals surface area contributed by atoms with Gasteiger partial charge in [0.25, 0.3) is 5.91 Å². The molecular formula is C27H24F3N3O5. The van der Waals surface area contributed by atoms with E-state index in [0.717, 1.165) is 29.0 Å². The third-order valence-corrected chi connectivity index (χ3v) is 6.49. The summed E-state index contributed by atoms with van der Waals surface area (Å²) in [6.45, 7) is 2.98. The number of alkyl halides is 3. The molecule has 3 aromatic rings. The Hall–Kier alpha value is -4.12. The molecule has 2 amide bonds. The molecule has 2 aromatic carbocycles. The van der Waals surface area contributed by atoms with Crippen LogP contribution in [0.3, 0.4) is 0 Å². The second-order valence-electron chi connectivity index (χ2n) is 9.25. The first-order valence-electron chi connectivity index (χ1n) is 11.9. The number of aromatic nitrogens is 1. The van der Waals surface area contributed by atoms with Crippen molar-refractivity contribution in [2.45, 2.75) is 38.1 Å². The van der Waals surface area contributed by atoms with Crippen molar-refractivity contribution in [3.05, 3.63) is 65.9 Å². The molecule has 8 nitrogen and oxygen atoms in total. The Kier molecular flexibility index (Phi) is 6.70. The number of fused-ring (bicyclic) bond motifs is 1. The van der Waals surface area contributed by atoms with E-state index in [1.54, 1.807) is 18.2 Å². The minimum absolute atomic E-state index is 0.0672. The van der Waals surface area contributed by atoms with Crippen molar-refractivity contribution in [3.63, 3.8) is 0 Å². The number of benzene rings is 2. The van der Waals surface area contributed by atoms with Gasteiger partial charge in [-0.25, -0.2) is 4.98 Å². The van der Waals surface area contributed by atoms with Gasteiger partial charge in [-0.3, -0.25) is 9.59 Å². The largest absolute Gasteiger partial charge is 0.574 e. The summed E-state index contributed by atoms with van der Waals surface area (Å²) in [5.41, 5.74) is 3.12. The summed E-state index contributed by atoms with van der Waals surface area (Å²) in [7, 11) is 0. The molecule has 2 aliphatic heterocycles. The Morgan fingerprint density at radius 1 is 1.11 bits per heavy atom. The number of rotatable bonds is 4. The number of pyridine rings is 1. The lowest BCUT2D eigenvalue weighted by Crippen LogP contribution is -2.43. The molecule has 1 saturated heterocycles. The molecule has 2 N–H and O–H groups in total. The second-order valence-corrected chi connectivity index (χ2v) is 9.25. The van der Waals surface area contributed by atoms with Crippen LogP contribution in [0.25, 0.3) is 11.1 Å². The van der Waals surface area contributed by atoms with E-state index in [1.807, 2.05) is 25.1 Å². The molecule has 0 unspecified atom stereocenters. The van der Waals surface area contributed by atoms with E-state index in [2.05, 4.69) is 20.4 Å². The third-order valence-electron chi connectivity index (χ3n) is 6.49. The molecule has 0 aliphatic carbocycles. The molecule has 1 fully saturated rings. The number of carbonyl (C=O) groups is 2. The van der Waals surface area contributed by atoms with Crippen LogP contribution in [0.2, 0.25) is 0 Å². The lowest BCUT2D eigenvalue weighted by molar-refractivity contribution is -0.276. The predicted octanol–water partition coefficient (Wildman–Crippen LogP) is 5.48. The Morgan fingerprint density at radius 3 is 2.61 bits per heavy atom. The molecule has 2 aliphatic rings. The second kappa shape index (κ2) is 9.97. The topological polar surface area (TPSA) is 98.8 Å². The highest BCUT2D eigenvalue weighted by Gasteiger charge is 2.40. The zero-order chi connectivity index (χ0) is 26.9. The lowest BCUT2D eigenvalue weighted by Gasteiger charge is -2.35. The normalized spacial score (nSPS) is 16.6. The number of carbonyl (C=O) groups excluding carboxylic acids is 2. The fourth-order valence-corrected chi connectivity index (χ4v) is 4.56. The molecule has 0 saturated carbocycles. The van der Waals surface area contributed by atoms with E-state index in [9.17, 15) is 22.8 Å². The summed E-state index contributed by atoms with van der Waals surface area (Å²) in [6, 6.07) is 13.1. The summed E-state index contributed by atoms with van der Waals surface area (Å²) in [5.74, 6) is -0.737. The average Bonchev–Trinajstić information content (AvgIpc) is 2.99. The minimum Gasteiger partial charge on any atom is -0.484 e.